The average molecular weight is 382 g/mol. The summed E-state index contributed by atoms with van der Waals surface area (Å²) in [6.45, 7) is 1.70. The van der Waals surface area contributed by atoms with Crippen molar-refractivity contribution in [2.45, 2.75) is 11.8 Å². The Bertz CT molecular complexity index is 942. The molecule has 0 saturated heterocycles. The van der Waals surface area contributed by atoms with Gasteiger partial charge in [-0.2, -0.15) is 0 Å². The van der Waals surface area contributed by atoms with E-state index in [4.69, 9.17) is 14.2 Å². The van der Waals surface area contributed by atoms with E-state index < -0.39 is 14.9 Å². The maximum Gasteiger partial charge on any atom is 0.273 e. The van der Waals surface area contributed by atoms with Crippen LogP contribution in [0.5, 0.6) is 17.2 Å². The van der Waals surface area contributed by atoms with Gasteiger partial charge in [-0.05, 0) is 24.6 Å². The van der Waals surface area contributed by atoms with Gasteiger partial charge in [0.1, 0.15) is 10.6 Å². The van der Waals surface area contributed by atoms with Crippen molar-refractivity contribution < 1.29 is 27.6 Å². The van der Waals surface area contributed by atoms with Gasteiger partial charge in [0, 0.05) is 12.1 Å². The van der Waals surface area contributed by atoms with Crippen LogP contribution in [0.3, 0.4) is 0 Å². The number of benzene rings is 2. The van der Waals surface area contributed by atoms with Crippen LogP contribution in [-0.2, 0) is 10.0 Å². The third-order valence-electron chi connectivity index (χ3n) is 3.62. The number of methoxy groups -OCH3 is 3. The van der Waals surface area contributed by atoms with Gasteiger partial charge in [-0.3, -0.25) is 14.8 Å². The van der Waals surface area contributed by atoms with Crippen LogP contribution in [0.4, 0.5) is 11.4 Å². The molecule has 2 aromatic carbocycles. The molecule has 0 bridgehead atoms. The van der Waals surface area contributed by atoms with E-state index in [-0.39, 0.29) is 22.0 Å². The van der Waals surface area contributed by atoms with Gasteiger partial charge < -0.3 is 14.2 Å². The molecule has 0 atom stereocenters. The molecule has 140 valence electrons. The van der Waals surface area contributed by atoms with Crippen molar-refractivity contribution in [1.82, 2.24) is 0 Å². The van der Waals surface area contributed by atoms with Crippen molar-refractivity contribution in [2.24, 2.45) is 0 Å². The van der Waals surface area contributed by atoms with Gasteiger partial charge in [0.2, 0.25) is 0 Å². The molecule has 0 aliphatic carbocycles. The molecule has 9 nitrogen and oxygen atoms in total. The Hall–Kier alpha value is -3.01. The summed E-state index contributed by atoms with van der Waals surface area (Å²) in [5.74, 6) is 0.678. The number of nitrogens with one attached hydrogen (secondary N) is 1. The Morgan fingerprint density at radius 1 is 0.962 bits per heavy atom. The summed E-state index contributed by atoms with van der Waals surface area (Å²) in [4.78, 5) is 10.00. The van der Waals surface area contributed by atoms with E-state index in [0.29, 0.717) is 17.1 Å². The van der Waals surface area contributed by atoms with Crippen molar-refractivity contribution in [3.63, 3.8) is 0 Å². The Morgan fingerprint density at radius 3 is 2.08 bits per heavy atom. The van der Waals surface area contributed by atoms with E-state index in [2.05, 4.69) is 4.72 Å². The van der Waals surface area contributed by atoms with Crippen LogP contribution in [-0.4, -0.2) is 34.7 Å². The number of sulfonamides is 1. The largest absolute Gasteiger partial charge is 0.495 e. The van der Waals surface area contributed by atoms with Crippen molar-refractivity contribution in [1.29, 1.82) is 0 Å². The minimum absolute atomic E-state index is 0.134. The standard InChI is InChI=1S/C16H18N2O7S/c1-10-7-13(23-2)14(24-3)9-12(10)17-26(21,22)16-6-5-11(18(19)20)8-15(16)25-4/h5-9,17H,1-4H3. The fourth-order valence-electron chi connectivity index (χ4n) is 2.28. The zero-order valence-corrected chi connectivity index (χ0v) is 15.4. The molecule has 0 spiro atoms. The van der Waals surface area contributed by atoms with Crippen LogP contribution >= 0.6 is 0 Å². The number of ether oxygens (including phenoxy) is 3. The number of aryl methyl sites for hydroxylation is 1. The molecule has 2 aromatic rings. The Kier molecular flexibility index (Phi) is 5.56. The van der Waals surface area contributed by atoms with E-state index in [1.54, 1.807) is 13.0 Å². The monoisotopic (exact) mass is 382 g/mol. The van der Waals surface area contributed by atoms with Crippen molar-refractivity contribution >= 4 is 21.4 Å². The molecule has 0 aromatic heterocycles. The molecular formula is C16H18N2O7S. The smallest absolute Gasteiger partial charge is 0.273 e. The summed E-state index contributed by atoms with van der Waals surface area (Å²) in [6, 6.07) is 6.39. The molecule has 2 rings (SSSR count). The minimum Gasteiger partial charge on any atom is -0.495 e. The number of nitrogens with zero attached hydrogens (tertiary/aromatic N) is 1. The van der Waals surface area contributed by atoms with Gasteiger partial charge in [-0.15, -0.1) is 0 Å². The lowest BCUT2D eigenvalue weighted by Crippen LogP contribution is -2.15. The van der Waals surface area contributed by atoms with Crippen LogP contribution in [0.1, 0.15) is 5.56 Å². The van der Waals surface area contributed by atoms with Crippen molar-refractivity contribution in [3.8, 4) is 17.2 Å². The summed E-state index contributed by atoms with van der Waals surface area (Å²) in [7, 11) is 0.0867. The molecular weight excluding hydrogens is 364 g/mol. The fraction of sp³-hybridized carbons (Fsp3) is 0.250. The second-order valence-corrected chi connectivity index (χ2v) is 6.87. The fourth-order valence-corrected chi connectivity index (χ4v) is 3.56. The molecule has 0 fully saturated rings. The SMILES string of the molecule is COc1cc(C)c(NS(=O)(=O)c2ccc([N+](=O)[O-])cc2OC)cc1OC. The Balaban J connectivity index is 2.48. The normalized spacial score (nSPS) is 10.9. The molecule has 0 radical (unpaired) electrons. The van der Waals surface area contributed by atoms with Crippen LogP contribution in [0.25, 0.3) is 0 Å². The number of anilines is 1. The topological polar surface area (TPSA) is 117 Å². The minimum atomic E-state index is -4.06. The van der Waals surface area contributed by atoms with Crippen LogP contribution in [0, 0.1) is 17.0 Å². The van der Waals surface area contributed by atoms with Gasteiger partial charge >= 0.3 is 0 Å². The summed E-state index contributed by atoms with van der Waals surface area (Å²) in [5.41, 5.74) is 0.609. The summed E-state index contributed by atoms with van der Waals surface area (Å²) in [6.07, 6.45) is 0. The number of hydrogen-bond acceptors (Lipinski definition) is 7. The first-order chi connectivity index (χ1) is 12.2. The van der Waals surface area contributed by atoms with Gasteiger partial charge in [0.15, 0.2) is 11.5 Å². The van der Waals surface area contributed by atoms with E-state index >= 15 is 0 Å². The number of nitro benzene ring substituents is 1. The number of nitro groups is 1. The first kappa shape index (κ1) is 19.3. The maximum atomic E-state index is 12.7. The van der Waals surface area contributed by atoms with E-state index in [0.717, 1.165) is 18.2 Å². The van der Waals surface area contributed by atoms with Crippen molar-refractivity contribution in [3.05, 3.63) is 46.0 Å². The van der Waals surface area contributed by atoms with Gasteiger partial charge in [-0.1, -0.05) is 0 Å². The molecule has 1 N–H and O–H groups in total. The molecule has 26 heavy (non-hydrogen) atoms. The second kappa shape index (κ2) is 7.48. The molecule has 0 aliphatic rings. The zero-order valence-electron chi connectivity index (χ0n) is 14.6. The lowest BCUT2D eigenvalue weighted by Gasteiger charge is -2.15. The molecule has 0 saturated carbocycles. The summed E-state index contributed by atoms with van der Waals surface area (Å²) in [5, 5.41) is 10.9. The molecule has 0 unspecified atom stereocenters. The highest BCUT2D eigenvalue weighted by atomic mass is 32.2. The summed E-state index contributed by atoms with van der Waals surface area (Å²) < 4.78 is 43.3. The van der Waals surface area contributed by atoms with Crippen LogP contribution in [0.2, 0.25) is 0 Å². The van der Waals surface area contributed by atoms with Crippen LogP contribution in [0.15, 0.2) is 35.2 Å². The highest BCUT2D eigenvalue weighted by Gasteiger charge is 2.23. The van der Waals surface area contributed by atoms with Crippen molar-refractivity contribution in [2.75, 3.05) is 26.1 Å². The maximum absolute atomic E-state index is 12.7. The predicted octanol–water partition coefficient (Wildman–Crippen LogP) is 2.73. The number of hydrogen-bond donors (Lipinski definition) is 1. The Labute approximate surface area is 150 Å². The number of rotatable bonds is 7. The highest BCUT2D eigenvalue weighted by molar-refractivity contribution is 7.92. The van der Waals surface area contributed by atoms with Gasteiger partial charge in [0.05, 0.1) is 38.0 Å². The van der Waals surface area contributed by atoms with E-state index in [1.807, 2.05) is 0 Å². The third-order valence-corrected chi connectivity index (χ3v) is 5.03. The summed E-state index contributed by atoms with van der Waals surface area (Å²) >= 11 is 0. The molecule has 10 heteroatoms. The quantitative estimate of drug-likeness (QED) is 0.578. The zero-order chi connectivity index (χ0) is 19.5. The molecule has 0 heterocycles. The van der Waals surface area contributed by atoms with Gasteiger partial charge in [0.25, 0.3) is 15.7 Å². The second-order valence-electron chi connectivity index (χ2n) is 5.22. The van der Waals surface area contributed by atoms with Gasteiger partial charge in [-0.25, -0.2) is 8.42 Å². The molecule has 0 aliphatic heterocycles. The lowest BCUT2D eigenvalue weighted by molar-refractivity contribution is -0.385. The predicted molar refractivity (Wildman–Crippen MR) is 94.7 cm³/mol. The lowest BCUT2D eigenvalue weighted by atomic mass is 10.2. The average Bonchev–Trinajstić information content (AvgIpc) is 2.62. The molecule has 0 amide bonds. The van der Waals surface area contributed by atoms with Crippen LogP contribution < -0.4 is 18.9 Å². The van der Waals surface area contributed by atoms with E-state index in [9.17, 15) is 18.5 Å². The third kappa shape index (κ3) is 3.80. The first-order valence-corrected chi connectivity index (χ1v) is 8.79. The number of non-ortho nitro benzene ring substituents is 1. The highest BCUT2D eigenvalue weighted by Crippen LogP contribution is 2.35. The Morgan fingerprint density at radius 2 is 1.54 bits per heavy atom. The first-order valence-electron chi connectivity index (χ1n) is 7.31. The van der Waals surface area contributed by atoms with E-state index in [1.165, 1.54) is 27.4 Å².